The third-order valence-corrected chi connectivity index (χ3v) is 4.63. The Bertz CT molecular complexity index is 726. The van der Waals surface area contributed by atoms with E-state index in [-0.39, 0.29) is 23.8 Å². The van der Waals surface area contributed by atoms with Crippen LogP contribution in [0.3, 0.4) is 0 Å². The lowest BCUT2D eigenvalue weighted by Gasteiger charge is -2.46. The highest BCUT2D eigenvalue weighted by atomic mass is 19.1. The van der Waals surface area contributed by atoms with E-state index in [9.17, 15) is 9.18 Å². The summed E-state index contributed by atoms with van der Waals surface area (Å²) in [6, 6.07) is 6.51. The fourth-order valence-electron chi connectivity index (χ4n) is 3.31. The second-order valence-corrected chi connectivity index (χ2v) is 7.75. The van der Waals surface area contributed by atoms with Crippen LogP contribution in [0.4, 0.5) is 9.18 Å². The Kier molecular flexibility index (Phi) is 5.17. The highest BCUT2D eigenvalue weighted by Gasteiger charge is 2.36. The quantitative estimate of drug-likeness (QED) is 0.769. The van der Waals surface area contributed by atoms with Gasteiger partial charge in [-0.3, -0.25) is 4.90 Å². The first kappa shape index (κ1) is 18.6. The van der Waals surface area contributed by atoms with Gasteiger partial charge in [-0.15, -0.1) is 0 Å². The molecule has 2 aliphatic heterocycles. The van der Waals surface area contributed by atoms with Crippen molar-refractivity contribution < 1.29 is 18.7 Å². The van der Waals surface area contributed by atoms with Crippen molar-refractivity contribution in [2.45, 2.75) is 38.5 Å². The highest BCUT2D eigenvalue weighted by Crippen LogP contribution is 2.28. The number of fused-ring (bicyclic) bond motifs is 1. The first-order chi connectivity index (χ1) is 12.3. The largest absolute Gasteiger partial charge is 0.444 e. The molecule has 0 spiro atoms. The summed E-state index contributed by atoms with van der Waals surface area (Å²) >= 11 is 0. The molecule has 2 atom stereocenters. The summed E-state index contributed by atoms with van der Waals surface area (Å²) in [5.74, 6) is -0.518. The Morgan fingerprint density at radius 2 is 2.12 bits per heavy atom. The van der Waals surface area contributed by atoms with Crippen molar-refractivity contribution >= 4 is 6.09 Å². The van der Waals surface area contributed by atoms with E-state index in [1.807, 2.05) is 26.8 Å². The summed E-state index contributed by atoms with van der Waals surface area (Å²) in [5, 5.41) is 9.00. The monoisotopic (exact) mass is 361 g/mol. The average molecular weight is 361 g/mol. The van der Waals surface area contributed by atoms with Crippen LogP contribution in [0, 0.1) is 17.1 Å². The number of carbonyl (C=O) groups excluding carboxylic acids is 1. The van der Waals surface area contributed by atoms with Gasteiger partial charge < -0.3 is 14.4 Å². The van der Waals surface area contributed by atoms with Gasteiger partial charge in [0.15, 0.2) is 0 Å². The lowest BCUT2D eigenvalue weighted by atomic mass is 10.0. The minimum atomic E-state index is -0.518. The van der Waals surface area contributed by atoms with E-state index in [2.05, 4.69) is 4.90 Å². The first-order valence-electron chi connectivity index (χ1n) is 8.80. The molecule has 6 nitrogen and oxygen atoms in total. The number of nitrogens with zero attached hydrogens (tertiary/aromatic N) is 3. The second kappa shape index (κ2) is 7.22. The summed E-state index contributed by atoms with van der Waals surface area (Å²) in [7, 11) is 0. The van der Waals surface area contributed by atoms with Crippen LogP contribution < -0.4 is 0 Å². The minimum absolute atomic E-state index is 0.0305. The molecule has 0 saturated carbocycles. The normalized spacial score (nSPS) is 23.9. The predicted octanol–water partition coefficient (Wildman–Crippen LogP) is 2.69. The maximum atomic E-state index is 13.5. The lowest BCUT2D eigenvalue weighted by molar-refractivity contribution is -0.0906. The zero-order chi connectivity index (χ0) is 18.9. The number of rotatable bonds is 1. The van der Waals surface area contributed by atoms with Gasteiger partial charge in [0.05, 0.1) is 24.3 Å². The highest BCUT2D eigenvalue weighted by molar-refractivity contribution is 5.68. The number of piperazine rings is 1. The molecule has 2 heterocycles. The van der Waals surface area contributed by atoms with Gasteiger partial charge in [0, 0.05) is 26.2 Å². The Hall–Kier alpha value is -2.17. The number of morpholine rings is 1. The van der Waals surface area contributed by atoms with Gasteiger partial charge in [0.1, 0.15) is 17.5 Å². The summed E-state index contributed by atoms with van der Waals surface area (Å²) < 4.78 is 24.9. The van der Waals surface area contributed by atoms with Crippen LogP contribution in [-0.2, 0) is 9.47 Å². The third-order valence-electron chi connectivity index (χ3n) is 4.63. The Morgan fingerprint density at radius 1 is 1.35 bits per heavy atom. The Balaban J connectivity index is 1.62. The minimum Gasteiger partial charge on any atom is -0.444 e. The van der Waals surface area contributed by atoms with E-state index in [0.717, 1.165) is 12.1 Å². The van der Waals surface area contributed by atoms with Crippen molar-refractivity contribution in [3.8, 4) is 6.07 Å². The van der Waals surface area contributed by atoms with Gasteiger partial charge in [-0.2, -0.15) is 5.26 Å². The molecular weight excluding hydrogens is 337 g/mol. The molecule has 3 rings (SSSR count). The molecule has 7 heteroatoms. The van der Waals surface area contributed by atoms with Crippen LogP contribution in [-0.4, -0.2) is 60.3 Å². The molecule has 2 unspecified atom stereocenters. The van der Waals surface area contributed by atoms with E-state index < -0.39 is 11.4 Å². The van der Waals surface area contributed by atoms with Crippen LogP contribution in [0.1, 0.15) is 38.0 Å². The van der Waals surface area contributed by atoms with Gasteiger partial charge in [-0.1, -0.05) is 6.07 Å². The summed E-state index contributed by atoms with van der Waals surface area (Å²) in [5.41, 5.74) is 0.322. The van der Waals surface area contributed by atoms with Crippen molar-refractivity contribution in [3.63, 3.8) is 0 Å². The molecule has 0 bridgehead atoms. The molecule has 26 heavy (non-hydrogen) atoms. The maximum absolute atomic E-state index is 13.5. The predicted molar refractivity (Wildman–Crippen MR) is 93.0 cm³/mol. The molecule has 0 aliphatic carbocycles. The van der Waals surface area contributed by atoms with Gasteiger partial charge >= 0.3 is 6.09 Å². The average Bonchev–Trinajstić information content (AvgIpc) is 2.59. The summed E-state index contributed by atoms with van der Waals surface area (Å²) in [6.45, 7) is 8.59. The van der Waals surface area contributed by atoms with Crippen molar-refractivity contribution in [1.82, 2.24) is 9.80 Å². The van der Waals surface area contributed by atoms with Crippen molar-refractivity contribution in [3.05, 3.63) is 35.1 Å². The number of amides is 1. The molecule has 1 aromatic carbocycles. The number of halogens is 1. The molecule has 2 fully saturated rings. The maximum Gasteiger partial charge on any atom is 0.410 e. The van der Waals surface area contributed by atoms with Gasteiger partial charge in [-0.25, -0.2) is 9.18 Å². The van der Waals surface area contributed by atoms with E-state index >= 15 is 0 Å². The van der Waals surface area contributed by atoms with Crippen LogP contribution in [0.25, 0.3) is 0 Å². The lowest BCUT2D eigenvalue weighted by Crippen LogP contribution is -2.60. The molecule has 2 aliphatic rings. The number of hydrogen-bond donors (Lipinski definition) is 0. The topological polar surface area (TPSA) is 65.8 Å². The molecule has 1 aromatic rings. The number of nitriles is 1. The standard InChI is InChI=1S/C19H24FN3O3/c1-19(2,3)26-18(24)23-7-6-22-11-17(25-12-15(22)10-23)13-4-5-16(20)14(8-13)9-21/h4-5,8,15,17H,6-7,10-12H2,1-3H3. The van der Waals surface area contributed by atoms with Crippen molar-refractivity contribution in [2.24, 2.45) is 0 Å². The van der Waals surface area contributed by atoms with Crippen LogP contribution in [0.15, 0.2) is 18.2 Å². The molecule has 1 amide bonds. The zero-order valence-corrected chi connectivity index (χ0v) is 15.4. The van der Waals surface area contributed by atoms with Crippen LogP contribution in [0.5, 0.6) is 0 Å². The number of carbonyl (C=O) groups is 1. The Labute approximate surface area is 153 Å². The summed E-state index contributed by atoms with van der Waals surface area (Å²) in [6.07, 6.45) is -0.497. The first-order valence-corrected chi connectivity index (χ1v) is 8.80. The van der Waals surface area contributed by atoms with E-state index in [1.165, 1.54) is 6.07 Å². The van der Waals surface area contributed by atoms with Crippen molar-refractivity contribution in [2.75, 3.05) is 32.8 Å². The van der Waals surface area contributed by atoms with E-state index in [4.69, 9.17) is 14.7 Å². The van der Waals surface area contributed by atoms with Crippen molar-refractivity contribution in [1.29, 1.82) is 5.26 Å². The fraction of sp³-hybridized carbons (Fsp3) is 0.579. The smallest absolute Gasteiger partial charge is 0.410 e. The van der Waals surface area contributed by atoms with E-state index in [0.29, 0.717) is 26.2 Å². The second-order valence-electron chi connectivity index (χ2n) is 7.75. The molecule has 0 N–H and O–H groups in total. The number of ether oxygens (including phenoxy) is 2. The van der Waals surface area contributed by atoms with Crippen LogP contribution in [0.2, 0.25) is 0 Å². The molecule has 140 valence electrons. The van der Waals surface area contributed by atoms with Gasteiger partial charge in [0.25, 0.3) is 0 Å². The van der Waals surface area contributed by atoms with Gasteiger partial charge in [-0.05, 0) is 38.5 Å². The van der Waals surface area contributed by atoms with Gasteiger partial charge in [0.2, 0.25) is 0 Å². The Morgan fingerprint density at radius 3 is 2.81 bits per heavy atom. The van der Waals surface area contributed by atoms with Crippen LogP contribution >= 0.6 is 0 Å². The molecule has 2 saturated heterocycles. The molecular formula is C19H24FN3O3. The molecule has 0 aromatic heterocycles. The number of hydrogen-bond acceptors (Lipinski definition) is 5. The fourth-order valence-corrected chi connectivity index (χ4v) is 3.31. The third kappa shape index (κ3) is 4.14. The number of benzene rings is 1. The molecule has 0 radical (unpaired) electrons. The SMILES string of the molecule is CC(C)(C)OC(=O)N1CCN2CC(c3ccc(F)c(C#N)c3)OCC2C1. The zero-order valence-electron chi connectivity index (χ0n) is 15.4. The summed E-state index contributed by atoms with van der Waals surface area (Å²) in [4.78, 5) is 16.3. The van der Waals surface area contributed by atoms with E-state index in [1.54, 1.807) is 17.0 Å².